The minimum atomic E-state index is 0.470. The Morgan fingerprint density at radius 2 is 1.86 bits per heavy atom. The minimum Gasteiger partial charge on any atom is -0.382 e. The summed E-state index contributed by atoms with van der Waals surface area (Å²) in [6.45, 7) is 2.11. The summed E-state index contributed by atoms with van der Waals surface area (Å²) in [5, 5.41) is 3.49. The number of aryl methyl sites for hydroxylation is 1. The lowest BCUT2D eigenvalue weighted by molar-refractivity contribution is 0.0329. The van der Waals surface area contributed by atoms with Gasteiger partial charge in [-0.15, -0.1) is 0 Å². The van der Waals surface area contributed by atoms with Crippen molar-refractivity contribution in [1.29, 1.82) is 0 Å². The molecule has 1 fully saturated rings. The number of methoxy groups -OCH3 is 1. The second-order valence-electron chi connectivity index (χ2n) is 4.04. The van der Waals surface area contributed by atoms with Crippen molar-refractivity contribution in [2.24, 2.45) is 0 Å². The normalized spacial score (nSPS) is 25.6. The zero-order valence-corrected chi connectivity index (χ0v) is 8.79. The summed E-state index contributed by atoms with van der Waals surface area (Å²) in [5.41, 5.74) is 2.52. The van der Waals surface area contributed by atoms with Gasteiger partial charge in [0.25, 0.3) is 0 Å². The van der Waals surface area contributed by atoms with Gasteiger partial charge in [-0.3, -0.25) is 0 Å². The Balaban J connectivity index is 1.84. The highest BCUT2D eigenvalue weighted by Gasteiger charge is 2.28. The van der Waals surface area contributed by atoms with Crippen molar-refractivity contribution in [3.63, 3.8) is 0 Å². The van der Waals surface area contributed by atoms with Crippen molar-refractivity contribution in [3.8, 4) is 0 Å². The van der Waals surface area contributed by atoms with Crippen molar-refractivity contribution in [2.45, 2.75) is 31.9 Å². The van der Waals surface area contributed by atoms with Crippen molar-refractivity contribution >= 4 is 5.69 Å². The second kappa shape index (κ2) is 4.01. The summed E-state index contributed by atoms with van der Waals surface area (Å²) < 4.78 is 5.23. The topological polar surface area (TPSA) is 21.3 Å². The number of benzene rings is 1. The molecule has 1 aliphatic rings. The van der Waals surface area contributed by atoms with Crippen LogP contribution in [0.1, 0.15) is 18.4 Å². The van der Waals surface area contributed by atoms with Crippen LogP contribution >= 0.6 is 0 Å². The van der Waals surface area contributed by atoms with Gasteiger partial charge in [-0.25, -0.2) is 0 Å². The van der Waals surface area contributed by atoms with Crippen molar-refractivity contribution in [1.82, 2.24) is 0 Å². The van der Waals surface area contributed by atoms with E-state index < -0.39 is 0 Å². The number of ether oxygens (including phenoxy) is 1. The number of nitrogens with one attached hydrogen (secondary N) is 1. The maximum absolute atomic E-state index is 5.23. The minimum absolute atomic E-state index is 0.470. The summed E-state index contributed by atoms with van der Waals surface area (Å²) in [5.74, 6) is 0. The first-order chi connectivity index (χ1) is 6.78. The lowest BCUT2D eigenvalue weighted by Crippen LogP contribution is -2.40. The molecule has 0 spiro atoms. The third-order valence-electron chi connectivity index (χ3n) is 2.85. The molecule has 0 aromatic heterocycles. The van der Waals surface area contributed by atoms with Gasteiger partial charge in [-0.2, -0.15) is 0 Å². The molecular weight excluding hydrogens is 174 g/mol. The van der Waals surface area contributed by atoms with Gasteiger partial charge in [-0.1, -0.05) is 17.7 Å². The molecule has 0 unspecified atom stereocenters. The van der Waals surface area contributed by atoms with Gasteiger partial charge in [0, 0.05) is 18.8 Å². The Bertz CT molecular complexity index is 288. The van der Waals surface area contributed by atoms with Gasteiger partial charge < -0.3 is 10.1 Å². The van der Waals surface area contributed by atoms with E-state index in [9.17, 15) is 0 Å². The fraction of sp³-hybridized carbons (Fsp3) is 0.500. The average Bonchev–Trinajstić information content (AvgIpc) is 2.13. The number of rotatable bonds is 3. The Hall–Kier alpha value is -1.02. The van der Waals surface area contributed by atoms with Gasteiger partial charge in [0.15, 0.2) is 0 Å². The smallest absolute Gasteiger partial charge is 0.0610 e. The number of hydrogen-bond donors (Lipinski definition) is 1. The Morgan fingerprint density at radius 3 is 2.43 bits per heavy atom. The molecule has 1 aliphatic carbocycles. The third-order valence-corrected chi connectivity index (χ3v) is 2.85. The van der Waals surface area contributed by atoms with Crippen molar-refractivity contribution < 1.29 is 4.74 Å². The molecule has 0 heterocycles. The van der Waals surface area contributed by atoms with Crippen LogP contribution in [-0.2, 0) is 4.74 Å². The summed E-state index contributed by atoms with van der Waals surface area (Å²) >= 11 is 0. The zero-order valence-electron chi connectivity index (χ0n) is 8.79. The van der Waals surface area contributed by atoms with E-state index in [-0.39, 0.29) is 0 Å². The number of hydrogen-bond acceptors (Lipinski definition) is 2. The van der Waals surface area contributed by atoms with Crippen LogP contribution in [0.4, 0.5) is 5.69 Å². The molecule has 14 heavy (non-hydrogen) atoms. The summed E-state index contributed by atoms with van der Waals surface area (Å²) in [6.07, 6.45) is 2.73. The summed E-state index contributed by atoms with van der Waals surface area (Å²) in [6, 6.07) is 9.14. The van der Waals surface area contributed by atoms with E-state index >= 15 is 0 Å². The lowest BCUT2D eigenvalue weighted by Gasteiger charge is -2.35. The van der Waals surface area contributed by atoms with Gasteiger partial charge >= 0.3 is 0 Å². The quantitative estimate of drug-likeness (QED) is 0.793. The standard InChI is InChI=1S/C12H17NO/c1-9-3-5-10(6-4-9)13-11-7-12(8-11)14-2/h3-6,11-13H,7-8H2,1-2H3. The van der Waals surface area contributed by atoms with E-state index in [1.165, 1.54) is 11.3 Å². The largest absolute Gasteiger partial charge is 0.382 e. The molecular formula is C12H17NO. The highest BCUT2D eigenvalue weighted by Crippen LogP contribution is 2.26. The first-order valence-electron chi connectivity index (χ1n) is 5.14. The fourth-order valence-electron chi connectivity index (χ4n) is 1.76. The molecule has 0 aliphatic heterocycles. The molecule has 2 rings (SSSR count). The Morgan fingerprint density at radius 1 is 1.21 bits per heavy atom. The van der Waals surface area contributed by atoms with Crippen LogP contribution < -0.4 is 5.32 Å². The van der Waals surface area contributed by atoms with Gasteiger partial charge in [-0.05, 0) is 31.9 Å². The maximum atomic E-state index is 5.23. The molecule has 2 heteroatoms. The molecule has 2 nitrogen and oxygen atoms in total. The second-order valence-corrected chi connectivity index (χ2v) is 4.04. The molecule has 0 amide bonds. The van der Waals surface area contributed by atoms with E-state index in [1.54, 1.807) is 7.11 Å². The van der Waals surface area contributed by atoms with Crippen LogP contribution in [0.5, 0.6) is 0 Å². The van der Waals surface area contributed by atoms with Crippen LogP contribution in [0.3, 0.4) is 0 Å². The first kappa shape index (κ1) is 9.53. The molecule has 0 atom stereocenters. The van der Waals surface area contributed by atoms with Crippen LogP contribution in [0, 0.1) is 6.92 Å². The van der Waals surface area contributed by atoms with Gasteiger partial charge in [0.2, 0.25) is 0 Å². The van der Waals surface area contributed by atoms with E-state index in [0.717, 1.165) is 12.8 Å². The molecule has 1 N–H and O–H groups in total. The number of anilines is 1. The first-order valence-corrected chi connectivity index (χ1v) is 5.14. The average molecular weight is 191 g/mol. The maximum Gasteiger partial charge on any atom is 0.0610 e. The molecule has 1 saturated carbocycles. The molecule has 1 aromatic rings. The van der Waals surface area contributed by atoms with E-state index in [0.29, 0.717) is 12.1 Å². The van der Waals surface area contributed by atoms with Crippen molar-refractivity contribution in [2.75, 3.05) is 12.4 Å². The van der Waals surface area contributed by atoms with E-state index in [2.05, 4.69) is 36.5 Å². The fourth-order valence-corrected chi connectivity index (χ4v) is 1.76. The van der Waals surface area contributed by atoms with Crippen LogP contribution in [0.25, 0.3) is 0 Å². The van der Waals surface area contributed by atoms with Gasteiger partial charge in [0.1, 0.15) is 0 Å². The van der Waals surface area contributed by atoms with Crippen LogP contribution in [0.2, 0.25) is 0 Å². The highest BCUT2D eigenvalue weighted by molar-refractivity contribution is 5.45. The predicted molar refractivity (Wildman–Crippen MR) is 58.6 cm³/mol. The van der Waals surface area contributed by atoms with Crippen molar-refractivity contribution in [3.05, 3.63) is 29.8 Å². The monoisotopic (exact) mass is 191 g/mol. The van der Waals surface area contributed by atoms with E-state index in [4.69, 9.17) is 4.74 Å². The van der Waals surface area contributed by atoms with Gasteiger partial charge in [0.05, 0.1) is 6.10 Å². The van der Waals surface area contributed by atoms with E-state index in [1.807, 2.05) is 0 Å². The summed E-state index contributed by atoms with van der Waals surface area (Å²) in [4.78, 5) is 0. The van der Waals surface area contributed by atoms with Crippen LogP contribution in [-0.4, -0.2) is 19.3 Å². The molecule has 76 valence electrons. The SMILES string of the molecule is COC1CC(Nc2ccc(C)cc2)C1. The molecule has 1 aromatic carbocycles. The Labute approximate surface area is 85.3 Å². The lowest BCUT2D eigenvalue weighted by atomic mass is 9.89. The third kappa shape index (κ3) is 2.07. The highest BCUT2D eigenvalue weighted by atomic mass is 16.5. The summed E-state index contributed by atoms with van der Waals surface area (Å²) in [7, 11) is 1.78. The molecule has 0 bridgehead atoms. The van der Waals surface area contributed by atoms with Crippen LogP contribution in [0.15, 0.2) is 24.3 Å². The Kier molecular flexibility index (Phi) is 2.73. The molecule has 0 saturated heterocycles. The molecule has 0 radical (unpaired) electrons. The zero-order chi connectivity index (χ0) is 9.97. The predicted octanol–water partition coefficient (Wildman–Crippen LogP) is 2.58.